The molecule has 0 fully saturated rings. The van der Waals surface area contributed by atoms with Gasteiger partial charge < -0.3 is 10.6 Å². The maximum Gasteiger partial charge on any atom is 0.390 e. The topological polar surface area (TPSA) is 41.1 Å². The third-order valence-electron chi connectivity index (χ3n) is 1.58. The van der Waals surface area contributed by atoms with Gasteiger partial charge in [-0.15, -0.1) is 0 Å². The summed E-state index contributed by atoms with van der Waals surface area (Å²) in [6.07, 6.45) is -5.08. The van der Waals surface area contributed by atoms with E-state index in [2.05, 4.69) is 10.6 Å². The number of amides is 1. The van der Waals surface area contributed by atoms with Crippen molar-refractivity contribution in [1.82, 2.24) is 10.6 Å². The van der Waals surface area contributed by atoms with Crippen LogP contribution in [0.15, 0.2) is 0 Å². The first-order chi connectivity index (χ1) is 6.81. The minimum absolute atomic E-state index is 0.0667. The van der Waals surface area contributed by atoms with Crippen LogP contribution < -0.4 is 10.6 Å². The van der Waals surface area contributed by atoms with Crippen molar-refractivity contribution in [2.75, 3.05) is 19.6 Å². The van der Waals surface area contributed by atoms with E-state index in [4.69, 9.17) is 0 Å². The molecule has 3 nitrogen and oxygen atoms in total. The van der Waals surface area contributed by atoms with Crippen LogP contribution in [0, 0.1) is 5.92 Å². The third kappa shape index (κ3) is 11.1. The first kappa shape index (κ1) is 14.2. The van der Waals surface area contributed by atoms with E-state index in [0.717, 1.165) is 0 Å². The van der Waals surface area contributed by atoms with E-state index in [1.165, 1.54) is 0 Å². The van der Waals surface area contributed by atoms with Gasteiger partial charge in [0.25, 0.3) is 0 Å². The molecule has 0 aromatic carbocycles. The van der Waals surface area contributed by atoms with Crippen molar-refractivity contribution in [3.63, 3.8) is 0 Å². The van der Waals surface area contributed by atoms with Crippen LogP contribution in [-0.4, -0.2) is 31.7 Å². The fourth-order valence-corrected chi connectivity index (χ4v) is 0.813. The smallest absolute Gasteiger partial charge is 0.355 e. The van der Waals surface area contributed by atoms with Crippen LogP contribution in [0.2, 0.25) is 0 Å². The molecule has 0 spiro atoms. The van der Waals surface area contributed by atoms with Crippen LogP contribution in [0.1, 0.15) is 20.3 Å². The average Bonchev–Trinajstić information content (AvgIpc) is 2.07. The van der Waals surface area contributed by atoms with Gasteiger partial charge in [-0.25, -0.2) is 0 Å². The summed E-state index contributed by atoms with van der Waals surface area (Å²) in [5, 5.41) is 5.03. The highest BCUT2D eigenvalue weighted by Crippen LogP contribution is 2.17. The number of nitrogens with one attached hydrogen (secondary N) is 2. The fraction of sp³-hybridized carbons (Fsp3) is 0.889. The average molecular weight is 226 g/mol. The molecule has 90 valence electrons. The number of carbonyl (C=O) groups is 1. The maximum atomic E-state index is 11.7. The summed E-state index contributed by atoms with van der Waals surface area (Å²) in [6.45, 7) is 4.13. The van der Waals surface area contributed by atoms with Crippen LogP contribution in [0.3, 0.4) is 0 Å². The first-order valence-corrected chi connectivity index (χ1v) is 4.85. The van der Waals surface area contributed by atoms with E-state index in [-0.39, 0.29) is 19.0 Å². The van der Waals surface area contributed by atoms with Gasteiger partial charge in [0.1, 0.15) is 0 Å². The Kier molecular flexibility index (Phi) is 6.31. The lowest BCUT2D eigenvalue weighted by Gasteiger charge is -2.09. The Balaban J connectivity index is 3.40. The van der Waals surface area contributed by atoms with Gasteiger partial charge in [0.05, 0.1) is 13.0 Å². The highest BCUT2D eigenvalue weighted by atomic mass is 19.4. The fourth-order valence-electron chi connectivity index (χ4n) is 0.813. The maximum absolute atomic E-state index is 11.7. The summed E-state index contributed by atoms with van der Waals surface area (Å²) in [4.78, 5) is 11.0. The molecule has 0 saturated heterocycles. The monoisotopic (exact) mass is 226 g/mol. The van der Waals surface area contributed by atoms with E-state index in [1.54, 1.807) is 0 Å². The van der Waals surface area contributed by atoms with Gasteiger partial charge in [0.2, 0.25) is 5.91 Å². The van der Waals surface area contributed by atoms with Crippen molar-refractivity contribution in [3.05, 3.63) is 0 Å². The predicted octanol–water partition coefficient (Wildman–Crippen LogP) is 1.30. The van der Waals surface area contributed by atoms with Crippen LogP contribution >= 0.6 is 0 Å². The number of halogens is 3. The third-order valence-corrected chi connectivity index (χ3v) is 1.58. The molecule has 0 atom stereocenters. The molecule has 0 aliphatic heterocycles. The molecule has 0 heterocycles. The van der Waals surface area contributed by atoms with Crippen molar-refractivity contribution >= 4 is 5.91 Å². The Morgan fingerprint density at radius 3 is 2.40 bits per heavy atom. The molecule has 0 aliphatic rings. The Bertz CT molecular complexity index is 192. The molecule has 2 N–H and O–H groups in total. The van der Waals surface area contributed by atoms with Crippen molar-refractivity contribution in [2.24, 2.45) is 5.92 Å². The summed E-state index contributed by atoms with van der Waals surface area (Å²) in [5.41, 5.74) is 0. The Hall–Kier alpha value is -0.780. The minimum Gasteiger partial charge on any atom is -0.355 e. The van der Waals surface area contributed by atoms with Gasteiger partial charge >= 0.3 is 6.18 Å². The number of hydrogen-bond acceptors (Lipinski definition) is 2. The van der Waals surface area contributed by atoms with Crippen molar-refractivity contribution in [1.29, 1.82) is 0 Å². The highest BCUT2D eigenvalue weighted by Gasteiger charge is 2.25. The molecule has 0 saturated carbocycles. The lowest BCUT2D eigenvalue weighted by Crippen LogP contribution is -2.36. The van der Waals surface area contributed by atoms with Crippen molar-refractivity contribution < 1.29 is 18.0 Å². The largest absolute Gasteiger partial charge is 0.390 e. The number of carbonyl (C=O) groups excluding carboxylic acids is 1. The molecular weight excluding hydrogens is 209 g/mol. The summed E-state index contributed by atoms with van der Waals surface area (Å²) in [7, 11) is 0. The second-order valence-electron chi connectivity index (χ2n) is 3.74. The second-order valence-corrected chi connectivity index (χ2v) is 3.74. The molecule has 0 unspecified atom stereocenters. The van der Waals surface area contributed by atoms with Gasteiger partial charge in [-0.2, -0.15) is 13.2 Å². The first-order valence-electron chi connectivity index (χ1n) is 4.85. The van der Waals surface area contributed by atoms with Crippen LogP contribution in [-0.2, 0) is 4.79 Å². The Morgan fingerprint density at radius 2 is 1.93 bits per heavy atom. The Morgan fingerprint density at radius 1 is 1.33 bits per heavy atom. The van der Waals surface area contributed by atoms with Crippen LogP contribution in [0.5, 0.6) is 0 Å². The quantitative estimate of drug-likeness (QED) is 0.670. The summed E-state index contributed by atoms with van der Waals surface area (Å²) >= 11 is 0. The van der Waals surface area contributed by atoms with Crippen LogP contribution in [0.4, 0.5) is 13.2 Å². The van der Waals surface area contributed by atoms with Crippen molar-refractivity contribution in [3.8, 4) is 0 Å². The number of alkyl halides is 3. The SMILES string of the molecule is CC(C)CNC(=O)CNCCC(F)(F)F. The molecule has 0 aliphatic carbocycles. The van der Waals surface area contributed by atoms with Gasteiger partial charge in [0, 0.05) is 13.1 Å². The summed E-state index contributed by atoms with van der Waals surface area (Å²) < 4.78 is 35.1. The Labute approximate surface area is 87.4 Å². The van der Waals surface area contributed by atoms with E-state index in [1.807, 2.05) is 13.8 Å². The summed E-state index contributed by atoms with van der Waals surface area (Å²) in [5.74, 6) is 0.0648. The molecule has 0 radical (unpaired) electrons. The van der Waals surface area contributed by atoms with Gasteiger partial charge in [-0.05, 0) is 5.92 Å². The minimum atomic E-state index is -4.17. The standard InChI is InChI=1S/C9H17F3N2O/c1-7(2)5-14-8(15)6-13-4-3-9(10,11)12/h7,13H,3-6H2,1-2H3,(H,14,15). The molecule has 1 amide bonds. The van der Waals surface area contributed by atoms with E-state index >= 15 is 0 Å². The zero-order chi connectivity index (χ0) is 11.9. The lowest BCUT2D eigenvalue weighted by atomic mass is 10.2. The zero-order valence-electron chi connectivity index (χ0n) is 8.95. The molecule has 0 aromatic rings. The van der Waals surface area contributed by atoms with Gasteiger partial charge in [-0.3, -0.25) is 4.79 Å². The zero-order valence-corrected chi connectivity index (χ0v) is 8.95. The van der Waals surface area contributed by atoms with Crippen molar-refractivity contribution in [2.45, 2.75) is 26.4 Å². The van der Waals surface area contributed by atoms with Gasteiger partial charge in [0.15, 0.2) is 0 Å². The summed E-state index contributed by atoms with van der Waals surface area (Å²) in [6, 6.07) is 0. The molecule has 6 heteroatoms. The van der Waals surface area contributed by atoms with E-state index in [0.29, 0.717) is 12.5 Å². The second kappa shape index (κ2) is 6.66. The molecule has 15 heavy (non-hydrogen) atoms. The highest BCUT2D eigenvalue weighted by molar-refractivity contribution is 5.77. The molecule has 0 bridgehead atoms. The van der Waals surface area contributed by atoms with E-state index in [9.17, 15) is 18.0 Å². The predicted molar refractivity (Wildman–Crippen MR) is 51.4 cm³/mol. The lowest BCUT2D eigenvalue weighted by molar-refractivity contribution is -0.134. The number of hydrogen-bond donors (Lipinski definition) is 2. The van der Waals surface area contributed by atoms with E-state index < -0.39 is 12.6 Å². The molecule has 0 rings (SSSR count). The van der Waals surface area contributed by atoms with Gasteiger partial charge in [-0.1, -0.05) is 13.8 Å². The molecule has 0 aromatic heterocycles. The molecular formula is C9H17F3N2O. The normalized spacial score (nSPS) is 11.9. The van der Waals surface area contributed by atoms with Crippen LogP contribution in [0.25, 0.3) is 0 Å². The number of rotatable bonds is 6.